The first-order valence-electron chi connectivity index (χ1n) is 19.0. The molecule has 0 saturated heterocycles. The molecule has 0 heterocycles. The van der Waals surface area contributed by atoms with E-state index >= 15 is 0 Å². The van der Waals surface area contributed by atoms with Crippen LogP contribution in [0.3, 0.4) is 0 Å². The molecule has 0 aliphatic carbocycles. The predicted molar refractivity (Wildman–Crippen MR) is 217 cm³/mol. The van der Waals surface area contributed by atoms with Crippen molar-refractivity contribution in [2.24, 2.45) is 10.2 Å². The molecule has 2 unspecified atom stereocenters. The number of unbranched alkanes of at least 4 members (excludes halogenated alkanes) is 4. The number of aliphatic hydroxyl groups excluding tert-OH is 1. The molecule has 0 bridgehead atoms. The van der Waals surface area contributed by atoms with Crippen molar-refractivity contribution < 1.29 is 24.2 Å². The molecule has 0 aliphatic rings. The Morgan fingerprint density at radius 2 is 1.20 bits per heavy atom. The van der Waals surface area contributed by atoms with Crippen LogP contribution in [0.5, 0.6) is 0 Å². The fourth-order valence-corrected chi connectivity index (χ4v) is 5.08. The van der Waals surface area contributed by atoms with E-state index in [1.54, 1.807) is 58.3 Å². The van der Waals surface area contributed by atoms with Crippen LogP contribution in [-0.4, -0.2) is 84.3 Å². The monoisotopic (exact) mass is 774 g/mol. The third-order valence-electron chi connectivity index (χ3n) is 8.26. The molecule has 2 aromatic rings. The lowest BCUT2D eigenvalue weighted by molar-refractivity contribution is 0.0765. The lowest BCUT2D eigenvalue weighted by Crippen LogP contribution is -2.30. The predicted octanol–water partition coefficient (Wildman–Crippen LogP) is 8.75. The van der Waals surface area contributed by atoms with Gasteiger partial charge in [0.1, 0.15) is 6.10 Å². The maximum atomic E-state index is 12.3. The number of nitrogens with one attached hydrogen (secondary N) is 1. The van der Waals surface area contributed by atoms with Crippen LogP contribution in [0.4, 0.5) is 16.2 Å². The van der Waals surface area contributed by atoms with E-state index in [1.165, 1.54) is 0 Å². The van der Waals surface area contributed by atoms with Gasteiger partial charge in [-0.05, 0) is 119 Å². The molecule has 0 radical (unpaired) electrons. The Kier molecular flexibility index (Phi) is 29.0. The van der Waals surface area contributed by atoms with Crippen molar-refractivity contribution in [3.8, 4) is 12.1 Å². The zero-order chi connectivity index (χ0) is 42.0. The fourth-order valence-electron chi connectivity index (χ4n) is 5.08. The van der Waals surface area contributed by atoms with Gasteiger partial charge in [-0.1, -0.05) is 29.5 Å². The first-order chi connectivity index (χ1) is 27.0. The highest BCUT2D eigenvalue weighted by Gasteiger charge is 2.16. The van der Waals surface area contributed by atoms with Crippen molar-refractivity contribution in [2.45, 2.75) is 104 Å². The average molecular weight is 775 g/mol. The lowest BCUT2D eigenvalue weighted by Gasteiger charge is -2.19. The number of nitrogen functional groups attached to an aromatic ring is 1. The summed E-state index contributed by atoms with van der Waals surface area (Å²) in [6.45, 7) is 11.5. The number of nitrogens with zero attached hydrogens (tertiary/aromatic N) is 10. The zero-order valence-electron chi connectivity index (χ0n) is 33.2. The summed E-state index contributed by atoms with van der Waals surface area (Å²) >= 11 is 0. The Balaban J connectivity index is 0.000000928. The molecule has 2 aromatic carbocycles. The number of aliphatic hydroxyl groups is 1. The number of nitriles is 2. The Labute approximate surface area is 330 Å². The minimum atomic E-state index is -0.637. The van der Waals surface area contributed by atoms with Gasteiger partial charge in [0.2, 0.25) is 0 Å². The van der Waals surface area contributed by atoms with Crippen molar-refractivity contribution >= 4 is 29.3 Å². The molecular weight excluding hydrogens is 717 g/mol. The van der Waals surface area contributed by atoms with Gasteiger partial charge in [-0.25, -0.2) is 4.79 Å². The summed E-state index contributed by atoms with van der Waals surface area (Å²) in [5.41, 5.74) is 24.2. The number of amides is 3. The first-order valence-corrected chi connectivity index (χ1v) is 19.0. The topological polar surface area (TPSA) is 270 Å². The van der Waals surface area contributed by atoms with Crippen LogP contribution >= 0.6 is 0 Å². The van der Waals surface area contributed by atoms with E-state index in [0.29, 0.717) is 61.5 Å². The van der Waals surface area contributed by atoms with E-state index in [-0.39, 0.29) is 24.7 Å². The average Bonchev–Trinajstić information content (AvgIpc) is 3.19. The molecule has 304 valence electrons. The number of carbonyl (C=O) groups is 3. The maximum absolute atomic E-state index is 12.3. The van der Waals surface area contributed by atoms with Crippen molar-refractivity contribution in [2.75, 3.05) is 50.3 Å². The van der Waals surface area contributed by atoms with Crippen LogP contribution < -0.4 is 11.1 Å². The van der Waals surface area contributed by atoms with Crippen molar-refractivity contribution in [1.29, 1.82) is 10.5 Å². The second-order valence-electron chi connectivity index (χ2n) is 12.3. The summed E-state index contributed by atoms with van der Waals surface area (Å²) in [4.78, 5) is 45.0. The number of hydrogen-bond acceptors (Lipinski definition) is 10. The molecule has 17 nitrogen and oxygen atoms in total. The van der Waals surface area contributed by atoms with Crippen molar-refractivity contribution in [3.05, 3.63) is 80.5 Å². The Morgan fingerprint density at radius 1 is 0.750 bits per heavy atom. The molecule has 0 aromatic heterocycles. The number of anilines is 2. The first kappa shape index (κ1) is 50.0. The number of azide groups is 2. The highest BCUT2D eigenvalue weighted by atomic mass is 16.6. The fraction of sp³-hybridized carbons (Fsp3) is 0.564. The third kappa shape index (κ3) is 22.9. The quantitative estimate of drug-likeness (QED) is 0.0341. The number of nitrogens with two attached hydrogens (primary N) is 1. The molecule has 3 amide bonds. The molecule has 0 fully saturated rings. The van der Waals surface area contributed by atoms with E-state index in [4.69, 9.17) is 37.2 Å². The molecule has 17 heteroatoms. The summed E-state index contributed by atoms with van der Waals surface area (Å²) in [5, 5.41) is 35.8. The third-order valence-corrected chi connectivity index (χ3v) is 8.26. The Bertz CT molecular complexity index is 1590. The van der Waals surface area contributed by atoms with Crippen LogP contribution in [0.15, 0.2) is 58.8 Å². The van der Waals surface area contributed by atoms with E-state index in [1.807, 2.05) is 39.8 Å². The van der Waals surface area contributed by atoms with Crippen LogP contribution in [0.1, 0.15) is 113 Å². The highest BCUT2D eigenvalue weighted by molar-refractivity contribution is 5.95. The van der Waals surface area contributed by atoms with Gasteiger partial charge in [-0.3, -0.25) is 14.9 Å². The van der Waals surface area contributed by atoms with E-state index < -0.39 is 18.3 Å². The molecule has 2 atom stereocenters. The SMILES string of the molecule is CCN(CC)C(=O)c1ccc(N)cc1.CCN(CC)C(=O)c1ccc(NC(=O)OC(CC#N)CCCCCN=[N+]=[N-])cc1.N#CCC(O)CCCCCN=[N+]=[N-]. The number of ether oxygens (including phenoxy) is 1. The van der Waals surface area contributed by atoms with Gasteiger partial charge in [0.15, 0.2) is 0 Å². The molecule has 2 rings (SSSR count). The molecule has 0 aliphatic heterocycles. The van der Waals surface area contributed by atoms with Gasteiger partial charge in [0.25, 0.3) is 11.8 Å². The minimum Gasteiger partial charge on any atom is -0.445 e. The van der Waals surface area contributed by atoms with Gasteiger partial charge in [0, 0.05) is 71.6 Å². The van der Waals surface area contributed by atoms with E-state index in [2.05, 4.69) is 25.4 Å². The second kappa shape index (κ2) is 32.4. The van der Waals surface area contributed by atoms with Gasteiger partial charge < -0.3 is 25.4 Å². The van der Waals surface area contributed by atoms with Gasteiger partial charge in [-0.15, -0.1) is 0 Å². The number of hydrogen-bond donors (Lipinski definition) is 3. The maximum Gasteiger partial charge on any atom is 0.411 e. The molecule has 0 spiro atoms. The number of carbonyl (C=O) groups excluding carboxylic acids is 3. The number of benzene rings is 2. The van der Waals surface area contributed by atoms with Crippen LogP contribution in [0.25, 0.3) is 20.9 Å². The normalized spacial score (nSPS) is 10.8. The summed E-state index contributed by atoms with van der Waals surface area (Å²) in [6, 6.07) is 17.6. The largest absolute Gasteiger partial charge is 0.445 e. The van der Waals surface area contributed by atoms with Gasteiger partial charge in [-0.2, -0.15) is 10.5 Å². The summed E-state index contributed by atoms with van der Waals surface area (Å²) in [7, 11) is 0. The van der Waals surface area contributed by atoms with Crippen LogP contribution in [0.2, 0.25) is 0 Å². The Morgan fingerprint density at radius 3 is 1.62 bits per heavy atom. The van der Waals surface area contributed by atoms with E-state index in [0.717, 1.165) is 51.6 Å². The minimum absolute atomic E-state index is 0.0568. The molecule has 0 saturated carbocycles. The molecule has 4 N–H and O–H groups in total. The highest BCUT2D eigenvalue weighted by Crippen LogP contribution is 2.15. The zero-order valence-corrected chi connectivity index (χ0v) is 33.2. The smallest absolute Gasteiger partial charge is 0.411 e. The second-order valence-corrected chi connectivity index (χ2v) is 12.3. The van der Waals surface area contributed by atoms with Gasteiger partial charge in [0.05, 0.1) is 31.1 Å². The summed E-state index contributed by atoms with van der Waals surface area (Å²) in [6.07, 6.45) is 4.92. The molecular formula is C39H58N12O5. The molecule has 56 heavy (non-hydrogen) atoms. The number of rotatable bonds is 22. The van der Waals surface area contributed by atoms with Gasteiger partial charge >= 0.3 is 6.09 Å². The Hall–Kier alpha value is -5.99. The van der Waals surface area contributed by atoms with E-state index in [9.17, 15) is 14.4 Å². The summed E-state index contributed by atoms with van der Waals surface area (Å²) < 4.78 is 5.34. The van der Waals surface area contributed by atoms with Crippen molar-refractivity contribution in [1.82, 2.24) is 9.80 Å². The van der Waals surface area contributed by atoms with Crippen LogP contribution in [0, 0.1) is 22.7 Å². The van der Waals surface area contributed by atoms with Crippen LogP contribution in [-0.2, 0) is 4.74 Å². The summed E-state index contributed by atoms with van der Waals surface area (Å²) in [5.74, 6) is 0.00803. The van der Waals surface area contributed by atoms with Crippen molar-refractivity contribution in [3.63, 3.8) is 0 Å². The standard InChI is InChI=1S/C20H28N6O3.C11H16N2O.C8H14N4O/c1-3-26(4-2)19(27)16-9-11-17(12-10-16)24-20(28)29-18(13-14-21)8-6-5-7-15-23-25-22;1-3-13(4-2)11(14)9-5-7-10(12)8-6-9;9-6-5-8(13)4-2-1-3-7-11-12-10/h9-12,18H,3-8,13,15H2,1-2H3,(H,24,28);5-8H,3-4,12H2,1-2H3;8,13H,1-5,7H2. The lowest BCUT2D eigenvalue weighted by atomic mass is 10.1.